The van der Waals surface area contributed by atoms with Crippen LogP contribution in [-0.2, 0) is 16.1 Å². The van der Waals surface area contributed by atoms with E-state index in [0.717, 1.165) is 60.4 Å². The molecular formula is C21H28BrN3O3. The monoisotopic (exact) mass is 449 g/mol. The Labute approximate surface area is 174 Å². The fraction of sp³-hybridized carbons (Fsp3) is 0.524. The van der Waals surface area contributed by atoms with E-state index in [4.69, 9.17) is 14.1 Å². The molecule has 0 atom stereocenters. The molecule has 1 fully saturated rings. The largest absolute Gasteiger partial charge is 0.441 e. The van der Waals surface area contributed by atoms with Gasteiger partial charge in [0.15, 0.2) is 0 Å². The Balaban J connectivity index is 1.50. The molecule has 0 aliphatic carbocycles. The van der Waals surface area contributed by atoms with E-state index in [1.807, 2.05) is 31.2 Å². The van der Waals surface area contributed by atoms with Crippen LogP contribution in [-0.4, -0.2) is 49.1 Å². The van der Waals surface area contributed by atoms with Gasteiger partial charge in [-0.3, -0.25) is 9.69 Å². The molecule has 0 radical (unpaired) electrons. The molecule has 1 amide bonds. The molecule has 2 aromatic rings. The van der Waals surface area contributed by atoms with Gasteiger partial charge in [-0.2, -0.15) is 0 Å². The Bertz CT molecular complexity index is 785. The fourth-order valence-electron chi connectivity index (χ4n) is 3.46. The molecule has 152 valence electrons. The lowest BCUT2D eigenvalue weighted by Crippen LogP contribution is -2.40. The van der Waals surface area contributed by atoms with Gasteiger partial charge in [0.1, 0.15) is 5.76 Å². The van der Waals surface area contributed by atoms with Gasteiger partial charge in [-0.15, -0.1) is 0 Å². The molecule has 1 N–H and O–H groups in total. The molecule has 1 aromatic carbocycles. The molecule has 28 heavy (non-hydrogen) atoms. The zero-order valence-electron chi connectivity index (χ0n) is 16.5. The van der Waals surface area contributed by atoms with Gasteiger partial charge in [0.2, 0.25) is 11.8 Å². The van der Waals surface area contributed by atoms with Crippen molar-refractivity contribution in [2.75, 3.05) is 33.4 Å². The molecular weight excluding hydrogens is 422 g/mol. The number of hydrogen-bond acceptors (Lipinski definition) is 5. The van der Waals surface area contributed by atoms with Crippen LogP contribution in [0.1, 0.15) is 30.7 Å². The van der Waals surface area contributed by atoms with E-state index in [2.05, 4.69) is 26.1 Å². The molecule has 3 rings (SSSR count). The fourth-order valence-corrected chi connectivity index (χ4v) is 3.86. The third-order valence-corrected chi connectivity index (χ3v) is 5.61. The lowest BCUT2D eigenvalue weighted by Gasteiger charge is -2.30. The Morgan fingerprint density at radius 1 is 1.39 bits per heavy atom. The second kappa shape index (κ2) is 10.2. The minimum Gasteiger partial charge on any atom is -0.441 e. The molecule has 2 heterocycles. The topological polar surface area (TPSA) is 67.6 Å². The number of nitrogens with zero attached hydrogens (tertiary/aromatic N) is 2. The number of rotatable bonds is 8. The summed E-state index contributed by atoms with van der Waals surface area (Å²) in [6.45, 7) is 5.87. The first-order chi connectivity index (χ1) is 13.6. The third-order valence-electron chi connectivity index (χ3n) is 5.12. The zero-order valence-corrected chi connectivity index (χ0v) is 18.1. The van der Waals surface area contributed by atoms with Crippen molar-refractivity contribution in [1.29, 1.82) is 0 Å². The highest BCUT2D eigenvalue weighted by atomic mass is 79.9. The number of ether oxygens (including phenoxy) is 1. The minimum absolute atomic E-state index is 0.106. The van der Waals surface area contributed by atoms with Gasteiger partial charge in [0.05, 0.1) is 5.69 Å². The summed E-state index contributed by atoms with van der Waals surface area (Å²) in [6, 6.07) is 7.96. The maximum atomic E-state index is 12.3. The summed E-state index contributed by atoms with van der Waals surface area (Å²) in [6.07, 6.45) is 2.61. The standard InChI is InChI=1S/C21H28BrN3O3/c1-15-19(24-21(28-15)17-5-3-6-18(22)13-17)14-25-10-7-16(8-11-25)20(26)23-9-4-12-27-2/h3,5-6,13,16H,4,7-12,14H2,1-2H3,(H,23,26). The van der Waals surface area contributed by atoms with Gasteiger partial charge in [-0.25, -0.2) is 4.98 Å². The number of carbonyl (C=O) groups is 1. The van der Waals surface area contributed by atoms with E-state index in [0.29, 0.717) is 19.0 Å². The summed E-state index contributed by atoms with van der Waals surface area (Å²) in [4.78, 5) is 19.3. The van der Waals surface area contributed by atoms with Crippen molar-refractivity contribution in [2.45, 2.75) is 32.7 Å². The van der Waals surface area contributed by atoms with Gasteiger partial charge in [-0.1, -0.05) is 22.0 Å². The number of halogens is 1. The first-order valence-corrected chi connectivity index (χ1v) is 10.6. The van der Waals surface area contributed by atoms with Crippen molar-refractivity contribution in [3.05, 3.63) is 40.2 Å². The highest BCUT2D eigenvalue weighted by Gasteiger charge is 2.25. The summed E-state index contributed by atoms with van der Waals surface area (Å²) < 4.78 is 11.9. The van der Waals surface area contributed by atoms with Crippen molar-refractivity contribution >= 4 is 21.8 Å². The second-order valence-electron chi connectivity index (χ2n) is 7.22. The molecule has 0 bridgehead atoms. The Kier molecular flexibility index (Phi) is 7.65. The third kappa shape index (κ3) is 5.65. The number of amides is 1. The molecule has 7 heteroatoms. The van der Waals surface area contributed by atoms with E-state index in [9.17, 15) is 4.79 Å². The Morgan fingerprint density at radius 3 is 2.89 bits per heavy atom. The predicted molar refractivity (Wildman–Crippen MR) is 112 cm³/mol. The molecule has 0 spiro atoms. The van der Waals surface area contributed by atoms with Gasteiger partial charge in [-0.05, 0) is 57.5 Å². The molecule has 6 nitrogen and oxygen atoms in total. The average Bonchev–Trinajstić information content (AvgIpc) is 3.06. The van der Waals surface area contributed by atoms with E-state index in [1.54, 1.807) is 7.11 Å². The summed E-state index contributed by atoms with van der Waals surface area (Å²) in [5.41, 5.74) is 1.94. The lowest BCUT2D eigenvalue weighted by atomic mass is 9.95. The number of piperidine rings is 1. The molecule has 0 unspecified atom stereocenters. The van der Waals surface area contributed by atoms with Crippen LogP contribution in [0.3, 0.4) is 0 Å². The Hall–Kier alpha value is -1.70. The maximum absolute atomic E-state index is 12.3. The van der Waals surface area contributed by atoms with Crippen molar-refractivity contribution in [1.82, 2.24) is 15.2 Å². The van der Waals surface area contributed by atoms with E-state index < -0.39 is 0 Å². The lowest BCUT2D eigenvalue weighted by molar-refractivity contribution is -0.126. The summed E-state index contributed by atoms with van der Waals surface area (Å²) in [5.74, 6) is 1.78. The molecule has 1 aliphatic heterocycles. The normalized spacial score (nSPS) is 15.7. The summed E-state index contributed by atoms with van der Waals surface area (Å²) in [7, 11) is 1.68. The van der Waals surface area contributed by atoms with Crippen molar-refractivity contribution in [3.63, 3.8) is 0 Å². The van der Waals surface area contributed by atoms with E-state index in [1.165, 1.54) is 0 Å². The highest BCUT2D eigenvalue weighted by molar-refractivity contribution is 9.10. The molecule has 1 saturated heterocycles. The average molecular weight is 450 g/mol. The predicted octanol–water partition coefficient (Wildman–Crippen LogP) is 3.78. The first-order valence-electron chi connectivity index (χ1n) is 9.78. The van der Waals surface area contributed by atoms with E-state index in [-0.39, 0.29) is 11.8 Å². The SMILES string of the molecule is COCCCNC(=O)C1CCN(Cc2nc(-c3cccc(Br)c3)oc2C)CC1. The number of nitrogens with one attached hydrogen (secondary N) is 1. The number of methoxy groups -OCH3 is 1. The number of oxazole rings is 1. The number of likely N-dealkylation sites (tertiary alicyclic amines) is 1. The summed E-state index contributed by atoms with van der Waals surface area (Å²) >= 11 is 3.49. The highest BCUT2D eigenvalue weighted by Crippen LogP contribution is 2.26. The van der Waals surface area contributed by atoms with Crippen LogP contribution in [0.5, 0.6) is 0 Å². The van der Waals surface area contributed by atoms with Crippen LogP contribution in [0.2, 0.25) is 0 Å². The van der Waals surface area contributed by atoms with Crippen LogP contribution in [0.15, 0.2) is 33.2 Å². The second-order valence-corrected chi connectivity index (χ2v) is 8.14. The minimum atomic E-state index is 0.106. The Morgan fingerprint density at radius 2 is 2.18 bits per heavy atom. The van der Waals surface area contributed by atoms with Gasteiger partial charge in [0, 0.05) is 42.8 Å². The van der Waals surface area contributed by atoms with Crippen molar-refractivity contribution < 1.29 is 13.9 Å². The van der Waals surface area contributed by atoms with E-state index >= 15 is 0 Å². The van der Waals surface area contributed by atoms with Crippen LogP contribution < -0.4 is 5.32 Å². The number of hydrogen-bond donors (Lipinski definition) is 1. The number of aryl methyl sites for hydroxylation is 1. The van der Waals surface area contributed by atoms with Crippen molar-refractivity contribution in [3.8, 4) is 11.5 Å². The number of carbonyl (C=O) groups excluding carboxylic acids is 1. The quantitative estimate of drug-likeness (QED) is 0.621. The summed E-state index contributed by atoms with van der Waals surface area (Å²) in [5, 5.41) is 3.02. The zero-order chi connectivity index (χ0) is 19.9. The number of benzene rings is 1. The van der Waals surface area contributed by atoms with Crippen molar-refractivity contribution in [2.24, 2.45) is 5.92 Å². The van der Waals surface area contributed by atoms with Gasteiger partial charge >= 0.3 is 0 Å². The van der Waals surface area contributed by atoms with Gasteiger partial charge < -0.3 is 14.5 Å². The van der Waals surface area contributed by atoms with Crippen LogP contribution in [0.25, 0.3) is 11.5 Å². The number of aromatic nitrogens is 1. The molecule has 1 aliphatic rings. The van der Waals surface area contributed by atoms with Crippen LogP contribution >= 0.6 is 15.9 Å². The van der Waals surface area contributed by atoms with Crippen LogP contribution in [0.4, 0.5) is 0 Å². The first kappa shape index (κ1) is 21.0. The van der Waals surface area contributed by atoms with Gasteiger partial charge in [0.25, 0.3) is 0 Å². The maximum Gasteiger partial charge on any atom is 0.226 e. The van der Waals surface area contributed by atoms with Crippen LogP contribution in [0, 0.1) is 12.8 Å². The molecule has 0 saturated carbocycles. The molecule has 1 aromatic heterocycles. The smallest absolute Gasteiger partial charge is 0.226 e.